The Balaban J connectivity index is 1.54. The summed E-state index contributed by atoms with van der Waals surface area (Å²) in [5.74, 6) is -0.296. The third-order valence-corrected chi connectivity index (χ3v) is 3.77. The number of nitrogens with zero attached hydrogens (tertiary/aromatic N) is 4. The summed E-state index contributed by atoms with van der Waals surface area (Å²) in [6, 6.07) is 5.97. The Kier molecular flexibility index (Phi) is 4.77. The SMILES string of the molecule is O[C@@H](CN1CCO[C@@H](Cn2cncn2)C1)c1ccc(F)cc1. The molecule has 0 bridgehead atoms. The maximum Gasteiger partial charge on any atom is 0.137 e. The van der Waals surface area contributed by atoms with Crippen molar-refractivity contribution in [1.29, 1.82) is 0 Å². The van der Waals surface area contributed by atoms with Gasteiger partial charge in [-0.2, -0.15) is 5.10 Å². The van der Waals surface area contributed by atoms with E-state index in [0.29, 0.717) is 19.7 Å². The van der Waals surface area contributed by atoms with E-state index in [0.717, 1.165) is 18.7 Å². The molecule has 0 radical (unpaired) electrons. The maximum atomic E-state index is 12.9. The minimum absolute atomic E-state index is 0.0240. The van der Waals surface area contributed by atoms with Gasteiger partial charge in [0.15, 0.2) is 0 Å². The van der Waals surface area contributed by atoms with E-state index in [-0.39, 0.29) is 11.9 Å². The number of aliphatic hydroxyl groups excluding tert-OH is 1. The Bertz CT molecular complexity index is 576. The third kappa shape index (κ3) is 3.88. The van der Waals surface area contributed by atoms with Crippen LogP contribution in [0.1, 0.15) is 11.7 Å². The first kappa shape index (κ1) is 15.1. The zero-order valence-electron chi connectivity index (χ0n) is 12.2. The van der Waals surface area contributed by atoms with Crippen molar-refractivity contribution in [3.63, 3.8) is 0 Å². The number of rotatable bonds is 5. The highest BCUT2D eigenvalue weighted by Crippen LogP contribution is 2.17. The summed E-state index contributed by atoms with van der Waals surface area (Å²) in [5.41, 5.74) is 0.723. The number of β-amino-alcohol motifs (C(OH)–C–C–N with tert-alkyl or cyclic N) is 1. The smallest absolute Gasteiger partial charge is 0.137 e. The molecule has 118 valence electrons. The summed E-state index contributed by atoms with van der Waals surface area (Å²) >= 11 is 0. The molecule has 0 aliphatic carbocycles. The molecular weight excluding hydrogens is 287 g/mol. The maximum absolute atomic E-state index is 12.9. The van der Waals surface area contributed by atoms with Crippen LogP contribution < -0.4 is 0 Å². The van der Waals surface area contributed by atoms with Crippen molar-refractivity contribution in [2.24, 2.45) is 0 Å². The Hall–Kier alpha value is -1.83. The van der Waals surface area contributed by atoms with Gasteiger partial charge in [0.1, 0.15) is 18.5 Å². The number of aliphatic hydroxyl groups is 1. The summed E-state index contributed by atoms with van der Waals surface area (Å²) in [4.78, 5) is 6.07. The van der Waals surface area contributed by atoms with Crippen LogP contribution in [-0.4, -0.2) is 57.1 Å². The fourth-order valence-electron chi connectivity index (χ4n) is 2.63. The molecule has 1 aromatic carbocycles. The second kappa shape index (κ2) is 6.95. The lowest BCUT2D eigenvalue weighted by atomic mass is 10.1. The average molecular weight is 306 g/mol. The lowest BCUT2D eigenvalue weighted by Crippen LogP contribution is -2.45. The number of benzene rings is 1. The van der Waals surface area contributed by atoms with E-state index in [1.807, 2.05) is 0 Å². The Morgan fingerprint density at radius 3 is 2.91 bits per heavy atom. The van der Waals surface area contributed by atoms with Gasteiger partial charge in [-0.3, -0.25) is 9.58 Å². The molecule has 22 heavy (non-hydrogen) atoms. The van der Waals surface area contributed by atoms with Gasteiger partial charge < -0.3 is 9.84 Å². The van der Waals surface area contributed by atoms with Crippen LogP contribution in [-0.2, 0) is 11.3 Å². The Morgan fingerprint density at radius 1 is 1.36 bits per heavy atom. The van der Waals surface area contributed by atoms with E-state index in [2.05, 4.69) is 15.0 Å². The highest BCUT2D eigenvalue weighted by molar-refractivity contribution is 5.18. The number of morpholine rings is 1. The van der Waals surface area contributed by atoms with E-state index >= 15 is 0 Å². The van der Waals surface area contributed by atoms with E-state index in [4.69, 9.17) is 4.74 Å². The highest BCUT2D eigenvalue weighted by atomic mass is 19.1. The van der Waals surface area contributed by atoms with Crippen molar-refractivity contribution in [1.82, 2.24) is 19.7 Å². The second-order valence-electron chi connectivity index (χ2n) is 5.44. The van der Waals surface area contributed by atoms with Crippen molar-refractivity contribution >= 4 is 0 Å². The standard InChI is InChI=1S/C15H19FN4O2/c16-13-3-1-12(2-4-13)15(21)9-19-5-6-22-14(7-19)8-20-11-17-10-18-20/h1-4,10-11,14-15,21H,5-9H2/t14-,15+/m1/s1. The summed E-state index contributed by atoms with van der Waals surface area (Å²) < 4.78 is 20.4. The van der Waals surface area contributed by atoms with Gasteiger partial charge in [0.2, 0.25) is 0 Å². The van der Waals surface area contributed by atoms with Crippen LogP contribution in [0.4, 0.5) is 4.39 Å². The predicted molar refractivity (Wildman–Crippen MR) is 77.6 cm³/mol. The van der Waals surface area contributed by atoms with E-state index < -0.39 is 6.10 Å². The molecule has 1 saturated heterocycles. The van der Waals surface area contributed by atoms with Crippen LogP contribution in [0.2, 0.25) is 0 Å². The molecular formula is C15H19FN4O2. The molecule has 2 heterocycles. The van der Waals surface area contributed by atoms with Gasteiger partial charge >= 0.3 is 0 Å². The van der Waals surface area contributed by atoms with E-state index in [1.165, 1.54) is 18.5 Å². The quantitative estimate of drug-likeness (QED) is 0.887. The normalized spacial score (nSPS) is 20.9. The minimum Gasteiger partial charge on any atom is -0.387 e. The number of halogens is 1. The third-order valence-electron chi connectivity index (χ3n) is 3.77. The predicted octanol–water partition coefficient (Wildman–Crippen LogP) is 0.852. The summed E-state index contributed by atoms with van der Waals surface area (Å²) in [6.07, 6.45) is 2.55. The molecule has 1 fully saturated rings. The molecule has 1 aromatic heterocycles. The molecule has 1 N–H and O–H groups in total. The lowest BCUT2D eigenvalue weighted by Gasteiger charge is -2.34. The van der Waals surface area contributed by atoms with Crippen molar-refractivity contribution in [2.45, 2.75) is 18.8 Å². The molecule has 2 aromatic rings. The van der Waals surface area contributed by atoms with Gasteiger partial charge in [0.25, 0.3) is 0 Å². The number of aromatic nitrogens is 3. The summed E-state index contributed by atoms with van der Waals surface area (Å²) in [6.45, 7) is 3.26. The zero-order chi connectivity index (χ0) is 15.4. The van der Waals surface area contributed by atoms with E-state index in [9.17, 15) is 9.50 Å². The first-order chi connectivity index (χ1) is 10.7. The molecule has 0 saturated carbocycles. The molecule has 1 aliphatic heterocycles. The summed E-state index contributed by atoms with van der Waals surface area (Å²) in [5, 5.41) is 14.3. The van der Waals surface area contributed by atoms with Gasteiger partial charge in [0.05, 0.1) is 25.4 Å². The molecule has 0 amide bonds. The topological polar surface area (TPSA) is 63.4 Å². The Morgan fingerprint density at radius 2 is 2.18 bits per heavy atom. The molecule has 0 spiro atoms. The molecule has 1 aliphatic rings. The first-order valence-corrected chi connectivity index (χ1v) is 7.30. The van der Waals surface area contributed by atoms with Crippen LogP contribution in [0.5, 0.6) is 0 Å². The summed E-state index contributed by atoms with van der Waals surface area (Å²) in [7, 11) is 0. The van der Waals surface area contributed by atoms with Crippen molar-refractivity contribution < 1.29 is 14.2 Å². The minimum atomic E-state index is -0.634. The number of ether oxygens (including phenoxy) is 1. The van der Waals surface area contributed by atoms with Crippen LogP contribution >= 0.6 is 0 Å². The average Bonchev–Trinajstić information content (AvgIpc) is 3.01. The van der Waals surface area contributed by atoms with Crippen molar-refractivity contribution in [3.05, 3.63) is 48.3 Å². The van der Waals surface area contributed by atoms with Gasteiger partial charge in [-0.25, -0.2) is 9.37 Å². The largest absolute Gasteiger partial charge is 0.387 e. The van der Waals surface area contributed by atoms with Gasteiger partial charge in [-0.05, 0) is 17.7 Å². The first-order valence-electron chi connectivity index (χ1n) is 7.30. The highest BCUT2D eigenvalue weighted by Gasteiger charge is 2.23. The lowest BCUT2D eigenvalue weighted by molar-refractivity contribution is -0.0487. The van der Waals surface area contributed by atoms with E-state index in [1.54, 1.807) is 23.1 Å². The number of hydrogen-bond donors (Lipinski definition) is 1. The molecule has 7 heteroatoms. The monoisotopic (exact) mass is 306 g/mol. The second-order valence-corrected chi connectivity index (χ2v) is 5.44. The fourth-order valence-corrected chi connectivity index (χ4v) is 2.63. The van der Waals surface area contributed by atoms with Gasteiger partial charge in [-0.1, -0.05) is 12.1 Å². The fraction of sp³-hybridized carbons (Fsp3) is 0.467. The Labute approximate surface area is 128 Å². The van der Waals surface area contributed by atoms with Crippen LogP contribution in [0, 0.1) is 5.82 Å². The molecule has 2 atom stereocenters. The zero-order valence-corrected chi connectivity index (χ0v) is 12.2. The van der Waals surface area contributed by atoms with Gasteiger partial charge in [0, 0.05) is 19.6 Å². The number of hydrogen-bond acceptors (Lipinski definition) is 5. The molecule has 3 rings (SSSR count). The molecule has 0 unspecified atom stereocenters. The molecule has 6 nitrogen and oxygen atoms in total. The van der Waals surface area contributed by atoms with Gasteiger partial charge in [-0.15, -0.1) is 0 Å². The van der Waals surface area contributed by atoms with Crippen LogP contribution in [0.3, 0.4) is 0 Å². The van der Waals surface area contributed by atoms with Crippen LogP contribution in [0.25, 0.3) is 0 Å². The van der Waals surface area contributed by atoms with Crippen LogP contribution in [0.15, 0.2) is 36.9 Å². The van der Waals surface area contributed by atoms with Crippen molar-refractivity contribution in [2.75, 3.05) is 26.2 Å². The van der Waals surface area contributed by atoms with Crippen molar-refractivity contribution in [3.8, 4) is 0 Å².